The van der Waals surface area contributed by atoms with Crippen molar-refractivity contribution in [3.8, 4) is 0 Å². The largest absolute Gasteiger partial charge is 0.378 e. The fourth-order valence-electron chi connectivity index (χ4n) is 5.52. The summed E-state index contributed by atoms with van der Waals surface area (Å²) >= 11 is 0. The maximum atomic E-state index is 13.0. The number of carbonyl (C=O) groups is 1. The fraction of sp³-hybridized carbons (Fsp3) is 0.941. The van der Waals surface area contributed by atoms with Gasteiger partial charge in [-0.15, -0.1) is 0 Å². The van der Waals surface area contributed by atoms with Crippen LogP contribution in [-0.2, 0) is 9.53 Å². The van der Waals surface area contributed by atoms with Gasteiger partial charge in [0.05, 0.1) is 11.5 Å². The predicted octanol–water partition coefficient (Wildman–Crippen LogP) is 1.60. The Bertz CT molecular complexity index is 442. The highest BCUT2D eigenvalue weighted by Gasteiger charge is 2.65. The molecule has 2 aliphatic carbocycles. The van der Waals surface area contributed by atoms with Crippen LogP contribution >= 0.6 is 0 Å². The Morgan fingerprint density at radius 2 is 1.95 bits per heavy atom. The number of carbonyl (C=O) groups excluding carboxylic acids is 1. The van der Waals surface area contributed by atoms with E-state index in [0.717, 1.165) is 37.8 Å². The Morgan fingerprint density at radius 1 is 1.19 bits per heavy atom. The Kier molecular flexibility index (Phi) is 3.13. The minimum Gasteiger partial charge on any atom is -0.378 e. The molecule has 0 aromatic carbocycles. The normalized spacial score (nSPS) is 42.7. The second-order valence-electron chi connectivity index (χ2n) is 8.15. The van der Waals surface area contributed by atoms with E-state index in [2.05, 4.69) is 23.6 Å². The summed E-state index contributed by atoms with van der Waals surface area (Å²) in [5, 5.41) is 0. The van der Waals surface area contributed by atoms with Crippen LogP contribution in [0.5, 0.6) is 0 Å². The second-order valence-corrected chi connectivity index (χ2v) is 8.15. The number of ether oxygens (including phenoxy) is 1. The molecule has 4 aliphatic rings. The van der Waals surface area contributed by atoms with Gasteiger partial charge in [0.15, 0.2) is 0 Å². The van der Waals surface area contributed by atoms with Gasteiger partial charge in [0.25, 0.3) is 0 Å². The monoisotopic (exact) mass is 292 g/mol. The third-order valence-corrected chi connectivity index (χ3v) is 6.73. The van der Waals surface area contributed by atoms with Crippen molar-refractivity contribution in [2.75, 3.05) is 33.3 Å². The van der Waals surface area contributed by atoms with Crippen LogP contribution in [0.2, 0.25) is 0 Å². The first kappa shape index (κ1) is 14.0. The zero-order chi connectivity index (χ0) is 14.8. The highest BCUT2D eigenvalue weighted by Crippen LogP contribution is 2.65. The number of rotatable bonds is 3. The summed E-state index contributed by atoms with van der Waals surface area (Å²) in [5.74, 6) is 2.63. The van der Waals surface area contributed by atoms with Crippen molar-refractivity contribution < 1.29 is 9.53 Å². The molecule has 1 amide bonds. The van der Waals surface area contributed by atoms with Crippen molar-refractivity contribution in [2.24, 2.45) is 23.2 Å². The highest BCUT2D eigenvalue weighted by atomic mass is 16.5. The summed E-state index contributed by atoms with van der Waals surface area (Å²) in [6.07, 6.45) is 3.86. The lowest BCUT2D eigenvalue weighted by atomic mass is 9.54. The van der Waals surface area contributed by atoms with Crippen molar-refractivity contribution in [3.63, 3.8) is 0 Å². The van der Waals surface area contributed by atoms with Crippen LogP contribution in [0.3, 0.4) is 0 Å². The third-order valence-electron chi connectivity index (χ3n) is 6.73. The summed E-state index contributed by atoms with van der Waals surface area (Å²) in [5.41, 5.74) is 0.0249. The summed E-state index contributed by atoms with van der Waals surface area (Å²) in [4.78, 5) is 17.7. The summed E-state index contributed by atoms with van der Waals surface area (Å²) in [7, 11) is 1.75. The number of nitrogens with zero attached hydrogens (tertiary/aromatic N) is 2. The van der Waals surface area contributed by atoms with Crippen molar-refractivity contribution in [3.05, 3.63) is 0 Å². The summed E-state index contributed by atoms with van der Waals surface area (Å²) in [6, 6.07) is 0.646. The van der Waals surface area contributed by atoms with E-state index in [1.807, 2.05) is 0 Å². The zero-order valence-electron chi connectivity index (χ0n) is 13.5. The first-order valence-corrected chi connectivity index (χ1v) is 8.59. The van der Waals surface area contributed by atoms with Gasteiger partial charge in [-0.25, -0.2) is 0 Å². The van der Waals surface area contributed by atoms with Crippen LogP contribution in [0.15, 0.2) is 0 Å². The van der Waals surface area contributed by atoms with Crippen LogP contribution in [0, 0.1) is 23.2 Å². The molecule has 0 radical (unpaired) electrons. The quantitative estimate of drug-likeness (QED) is 0.792. The van der Waals surface area contributed by atoms with E-state index >= 15 is 0 Å². The van der Waals surface area contributed by atoms with Gasteiger partial charge in [-0.2, -0.15) is 0 Å². The zero-order valence-corrected chi connectivity index (χ0v) is 13.5. The van der Waals surface area contributed by atoms with Crippen molar-refractivity contribution >= 4 is 5.91 Å². The smallest absolute Gasteiger partial charge is 0.229 e. The Hall–Kier alpha value is -0.610. The molecule has 2 aliphatic heterocycles. The molecule has 2 bridgehead atoms. The lowest BCUT2D eigenvalue weighted by Gasteiger charge is -2.55. The molecular formula is C17H28N2O2. The minimum absolute atomic E-state index is 0.0249. The maximum Gasteiger partial charge on any atom is 0.229 e. The molecule has 118 valence electrons. The molecule has 2 heterocycles. The van der Waals surface area contributed by atoms with Crippen LogP contribution in [0.1, 0.15) is 33.1 Å². The lowest BCUT2D eigenvalue weighted by molar-refractivity contribution is -0.171. The maximum absolute atomic E-state index is 13.0. The molecule has 21 heavy (non-hydrogen) atoms. The van der Waals surface area contributed by atoms with Crippen LogP contribution in [-0.4, -0.2) is 61.1 Å². The number of fused-ring (bicyclic) bond motifs is 1. The Balaban J connectivity index is 1.47. The molecule has 0 spiro atoms. The molecule has 2 saturated heterocycles. The average molecular weight is 292 g/mol. The topological polar surface area (TPSA) is 32.8 Å². The SMILES string of the molecule is COC1CN(C(=O)C23CC4CC2C(CN(C(C)C)C4)C3)C1. The number of amides is 1. The molecule has 0 N–H and O–H groups in total. The van der Waals surface area contributed by atoms with Gasteiger partial charge in [0.2, 0.25) is 5.91 Å². The van der Waals surface area contributed by atoms with Crippen LogP contribution < -0.4 is 0 Å². The molecule has 0 aromatic heterocycles. The average Bonchev–Trinajstić information content (AvgIpc) is 2.53. The molecule has 4 heteroatoms. The predicted molar refractivity (Wildman–Crippen MR) is 80.8 cm³/mol. The molecule has 0 aromatic rings. The molecular weight excluding hydrogens is 264 g/mol. The fourth-order valence-corrected chi connectivity index (χ4v) is 5.52. The highest BCUT2D eigenvalue weighted by molar-refractivity contribution is 5.85. The van der Waals surface area contributed by atoms with Gasteiger partial charge in [-0.05, 0) is 50.9 Å². The number of hydrogen-bond acceptors (Lipinski definition) is 3. The number of hydrogen-bond donors (Lipinski definition) is 0. The summed E-state index contributed by atoms with van der Waals surface area (Å²) < 4.78 is 5.32. The van der Waals surface area contributed by atoms with Gasteiger partial charge in [-0.3, -0.25) is 4.79 Å². The van der Waals surface area contributed by atoms with Gasteiger partial charge in [0, 0.05) is 39.3 Å². The van der Waals surface area contributed by atoms with Crippen molar-refractivity contribution in [1.29, 1.82) is 0 Å². The summed E-state index contributed by atoms with van der Waals surface area (Å²) in [6.45, 7) is 8.67. The number of methoxy groups -OCH3 is 1. The first-order chi connectivity index (χ1) is 10.0. The van der Waals surface area contributed by atoms with E-state index in [0.29, 0.717) is 17.9 Å². The van der Waals surface area contributed by atoms with Crippen LogP contribution in [0.4, 0.5) is 0 Å². The standard InChI is InChI=1S/C17H28N2O2/c1-11(2)18-7-12-4-15-13(8-18)6-17(15,5-12)16(20)19-9-14(10-19)21-3/h11-15H,4-10H2,1-3H3. The molecule has 4 fully saturated rings. The lowest BCUT2D eigenvalue weighted by Crippen LogP contribution is -2.64. The van der Waals surface area contributed by atoms with E-state index in [9.17, 15) is 4.79 Å². The van der Waals surface area contributed by atoms with E-state index < -0.39 is 0 Å². The van der Waals surface area contributed by atoms with Crippen molar-refractivity contribution in [1.82, 2.24) is 9.80 Å². The molecule has 4 atom stereocenters. The molecule has 4 unspecified atom stereocenters. The van der Waals surface area contributed by atoms with Gasteiger partial charge in [-0.1, -0.05) is 0 Å². The van der Waals surface area contributed by atoms with Crippen LogP contribution in [0.25, 0.3) is 0 Å². The molecule has 4 rings (SSSR count). The number of likely N-dealkylation sites (tertiary alicyclic amines) is 2. The van der Waals surface area contributed by atoms with Gasteiger partial charge >= 0.3 is 0 Å². The minimum atomic E-state index is 0.0249. The van der Waals surface area contributed by atoms with E-state index in [1.54, 1.807) is 7.11 Å². The molecule has 2 saturated carbocycles. The van der Waals surface area contributed by atoms with Crippen molar-refractivity contribution in [2.45, 2.75) is 45.3 Å². The van der Waals surface area contributed by atoms with E-state index in [4.69, 9.17) is 4.74 Å². The van der Waals surface area contributed by atoms with E-state index in [-0.39, 0.29) is 11.5 Å². The van der Waals surface area contributed by atoms with Gasteiger partial charge < -0.3 is 14.5 Å². The molecule has 4 nitrogen and oxygen atoms in total. The first-order valence-electron chi connectivity index (χ1n) is 8.59. The second kappa shape index (κ2) is 4.69. The Morgan fingerprint density at radius 3 is 2.62 bits per heavy atom. The third kappa shape index (κ3) is 1.91. The van der Waals surface area contributed by atoms with Gasteiger partial charge in [0.1, 0.15) is 0 Å². The van der Waals surface area contributed by atoms with E-state index in [1.165, 1.54) is 19.5 Å². The Labute approximate surface area is 127 Å².